The lowest BCUT2D eigenvalue weighted by molar-refractivity contribution is -0.0501. The van der Waals surface area contributed by atoms with Crippen LogP contribution in [0.2, 0.25) is 0 Å². The summed E-state index contributed by atoms with van der Waals surface area (Å²) in [5.74, 6) is -1.00. The number of carbonyl (C=O) groups is 2. The van der Waals surface area contributed by atoms with Crippen molar-refractivity contribution in [3.8, 4) is 5.75 Å². The second-order valence-electron chi connectivity index (χ2n) is 2.86. The molecule has 0 saturated heterocycles. The summed E-state index contributed by atoms with van der Waals surface area (Å²) in [6.07, 6.45) is 0.316. The van der Waals surface area contributed by atoms with Crippen LogP contribution in [0.4, 0.5) is 8.78 Å². The highest BCUT2D eigenvalue weighted by Crippen LogP contribution is 2.28. The fourth-order valence-electron chi connectivity index (χ4n) is 1.13. The molecule has 0 fully saturated rings. The van der Waals surface area contributed by atoms with Crippen molar-refractivity contribution in [2.75, 3.05) is 7.11 Å². The Bertz CT molecular complexity index is 448. The minimum Gasteiger partial charge on any atom is -0.465 e. The van der Waals surface area contributed by atoms with Crippen LogP contribution in [0.15, 0.2) is 16.6 Å². The Labute approximate surface area is 104 Å². The third-order valence-electron chi connectivity index (χ3n) is 1.85. The predicted molar refractivity (Wildman–Crippen MR) is 57.5 cm³/mol. The van der Waals surface area contributed by atoms with E-state index in [1.54, 1.807) is 0 Å². The number of ether oxygens (including phenoxy) is 2. The number of methoxy groups -OCH3 is 1. The number of rotatable bonds is 4. The van der Waals surface area contributed by atoms with E-state index in [9.17, 15) is 18.4 Å². The van der Waals surface area contributed by atoms with Crippen molar-refractivity contribution < 1.29 is 27.8 Å². The van der Waals surface area contributed by atoms with Crippen molar-refractivity contribution in [2.45, 2.75) is 6.61 Å². The molecule has 4 nitrogen and oxygen atoms in total. The lowest BCUT2D eigenvalue weighted by Gasteiger charge is -2.10. The van der Waals surface area contributed by atoms with Crippen molar-refractivity contribution in [1.82, 2.24) is 0 Å². The van der Waals surface area contributed by atoms with Gasteiger partial charge >= 0.3 is 12.6 Å². The molecule has 1 rings (SSSR count). The molecule has 1 aromatic carbocycles. The normalized spacial score (nSPS) is 10.2. The smallest absolute Gasteiger partial charge is 0.387 e. The molecular formula is C10H7BrF2O4. The SMILES string of the molecule is COC(=O)c1cc(C=O)c(OC(F)F)cc1Br. The highest BCUT2D eigenvalue weighted by atomic mass is 79.9. The van der Waals surface area contributed by atoms with Gasteiger partial charge in [-0.1, -0.05) is 0 Å². The molecule has 0 bridgehead atoms. The van der Waals surface area contributed by atoms with Crippen molar-refractivity contribution in [1.29, 1.82) is 0 Å². The maximum absolute atomic E-state index is 12.0. The molecule has 0 aliphatic carbocycles. The zero-order valence-corrected chi connectivity index (χ0v) is 10.2. The molecule has 92 valence electrons. The molecule has 0 radical (unpaired) electrons. The van der Waals surface area contributed by atoms with Gasteiger partial charge in [0, 0.05) is 4.47 Å². The minimum atomic E-state index is -3.05. The molecule has 17 heavy (non-hydrogen) atoms. The number of alkyl halides is 2. The quantitative estimate of drug-likeness (QED) is 0.634. The summed E-state index contributed by atoms with van der Waals surface area (Å²) in [6, 6.07) is 2.22. The summed E-state index contributed by atoms with van der Waals surface area (Å²) in [5.41, 5.74) is -0.106. The van der Waals surface area contributed by atoms with Crippen LogP contribution < -0.4 is 4.74 Å². The molecule has 0 spiro atoms. The van der Waals surface area contributed by atoms with Gasteiger partial charge < -0.3 is 9.47 Å². The Kier molecular flexibility index (Phi) is 4.56. The summed E-state index contributed by atoms with van der Waals surface area (Å²) in [7, 11) is 1.17. The molecule has 7 heteroatoms. The molecule has 0 amide bonds. The zero-order valence-electron chi connectivity index (χ0n) is 8.58. The van der Waals surface area contributed by atoms with Gasteiger partial charge in [0.25, 0.3) is 0 Å². The predicted octanol–water partition coefficient (Wildman–Crippen LogP) is 2.65. The summed E-state index contributed by atoms with van der Waals surface area (Å²) in [6.45, 7) is -3.05. The largest absolute Gasteiger partial charge is 0.465 e. The summed E-state index contributed by atoms with van der Waals surface area (Å²) < 4.78 is 32.9. The van der Waals surface area contributed by atoms with E-state index in [1.807, 2.05) is 0 Å². The lowest BCUT2D eigenvalue weighted by Crippen LogP contribution is -2.08. The molecule has 0 aliphatic heterocycles. The summed E-state index contributed by atoms with van der Waals surface area (Å²) in [5, 5.41) is 0. The number of aldehydes is 1. The molecule has 0 heterocycles. The first-order valence-electron chi connectivity index (χ1n) is 4.31. The Morgan fingerprint density at radius 2 is 2.12 bits per heavy atom. The fourth-order valence-corrected chi connectivity index (χ4v) is 1.61. The van der Waals surface area contributed by atoms with Gasteiger partial charge in [0.2, 0.25) is 0 Å². The van der Waals surface area contributed by atoms with E-state index in [2.05, 4.69) is 25.4 Å². The Balaban J connectivity index is 3.24. The Morgan fingerprint density at radius 1 is 1.47 bits per heavy atom. The lowest BCUT2D eigenvalue weighted by atomic mass is 10.1. The Hall–Kier alpha value is -1.50. The van der Waals surface area contributed by atoms with Crippen LogP contribution >= 0.6 is 15.9 Å². The van der Waals surface area contributed by atoms with Crippen LogP contribution in [0.25, 0.3) is 0 Å². The van der Waals surface area contributed by atoms with E-state index in [0.717, 1.165) is 12.1 Å². The molecule has 1 aromatic rings. The first kappa shape index (κ1) is 13.6. The van der Waals surface area contributed by atoms with Gasteiger partial charge in [0.1, 0.15) is 5.75 Å². The third kappa shape index (κ3) is 3.23. The summed E-state index contributed by atoms with van der Waals surface area (Å²) >= 11 is 3.00. The van der Waals surface area contributed by atoms with E-state index >= 15 is 0 Å². The molecule has 0 N–H and O–H groups in total. The Morgan fingerprint density at radius 3 is 2.59 bits per heavy atom. The van der Waals surface area contributed by atoms with Gasteiger partial charge in [-0.05, 0) is 28.1 Å². The van der Waals surface area contributed by atoms with Gasteiger partial charge in [-0.15, -0.1) is 0 Å². The van der Waals surface area contributed by atoms with Gasteiger partial charge in [-0.2, -0.15) is 8.78 Å². The van der Waals surface area contributed by atoms with E-state index in [4.69, 9.17) is 0 Å². The van der Waals surface area contributed by atoms with Crippen molar-refractivity contribution in [2.24, 2.45) is 0 Å². The van der Waals surface area contributed by atoms with Crippen LogP contribution in [-0.4, -0.2) is 26.0 Å². The van der Waals surface area contributed by atoms with Crippen LogP contribution in [-0.2, 0) is 4.74 Å². The van der Waals surface area contributed by atoms with Gasteiger partial charge in [-0.25, -0.2) is 4.79 Å². The second-order valence-corrected chi connectivity index (χ2v) is 3.71. The molecule has 0 unspecified atom stereocenters. The number of hydrogen-bond donors (Lipinski definition) is 0. The second kappa shape index (κ2) is 5.72. The number of hydrogen-bond acceptors (Lipinski definition) is 4. The van der Waals surface area contributed by atoms with Crippen molar-refractivity contribution >= 4 is 28.2 Å². The third-order valence-corrected chi connectivity index (χ3v) is 2.50. The first-order chi connectivity index (χ1) is 7.99. The maximum atomic E-state index is 12.0. The summed E-state index contributed by atoms with van der Waals surface area (Å²) in [4.78, 5) is 22.0. The molecule has 0 atom stereocenters. The molecule has 0 saturated carbocycles. The number of esters is 1. The molecule has 0 aliphatic rings. The van der Waals surface area contributed by atoms with E-state index in [1.165, 1.54) is 7.11 Å². The molecule has 0 aromatic heterocycles. The fraction of sp³-hybridized carbons (Fsp3) is 0.200. The highest BCUT2D eigenvalue weighted by Gasteiger charge is 2.17. The standard InChI is InChI=1S/C10H7BrF2O4/c1-16-9(15)6-2-5(4-14)8(3-7(6)11)17-10(12)13/h2-4,10H,1H3. The minimum absolute atomic E-state index is 0.0521. The average molecular weight is 309 g/mol. The van der Waals surface area contributed by atoms with Crippen molar-refractivity contribution in [3.63, 3.8) is 0 Å². The monoisotopic (exact) mass is 308 g/mol. The van der Waals surface area contributed by atoms with E-state index in [-0.39, 0.29) is 21.3 Å². The zero-order chi connectivity index (χ0) is 13.0. The highest BCUT2D eigenvalue weighted by molar-refractivity contribution is 9.10. The van der Waals surface area contributed by atoms with Crippen LogP contribution in [0.1, 0.15) is 20.7 Å². The van der Waals surface area contributed by atoms with Crippen molar-refractivity contribution in [3.05, 3.63) is 27.7 Å². The first-order valence-corrected chi connectivity index (χ1v) is 5.10. The van der Waals surface area contributed by atoms with Gasteiger partial charge in [-0.3, -0.25) is 4.79 Å². The van der Waals surface area contributed by atoms with Crippen LogP contribution in [0.3, 0.4) is 0 Å². The van der Waals surface area contributed by atoms with Gasteiger partial charge in [0.05, 0.1) is 18.2 Å². The van der Waals surface area contributed by atoms with E-state index < -0.39 is 12.6 Å². The van der Waals surface area contributed by atoms with Crippen LogP contribution in [0.5, 0.6) is 5.75 Å². The topological polar surface area (TPSA) is 52.6 Å². The number of halogens is 3. The molecular weight excluding hydrogens is 302 g/mol. The number of carbonyl (C=O) groups excluding carboxylic acids is 2. The van der Waals surface area contributed by atoms with Crippen LogP contribution in [0, 0.1) is 0 Å². The van der Waals surface area contributed by atoms with Gasteiger partial charge in [0.15, 0.2) is 6.29 Å². The maximum Gasteiger partial charge on any atom is 0.387 e. The number of benzene rings is 1. The average Bonchev–Trinajstić information content (AvgIpc) is 2.27. The van der Waals surface area contributed by atoms with E-state index in [0.29, 0.717) is 6.29 Å².